The Balaban J connectivity index is 1.46. The summed E-state index contributed by atoms with van der Waals surface area (Å²) in [4.78, 5) is 23.8. The second-order valence-corrected chi connectivity index (χ2v) is 6.36. The summed E-state index contributed by atoms with van der Waals surface area (Å²) in [6.45, 7) is 2.10. The van der Waals surface area contributed by atoms with Crippen LogP contribution in [0.5, 0.6) is 5.75 Å². The number of hydrazone groups is 1. The highest BCUT2D eigenvalue weighted by Crippen LogP contribution is 2.13. The number of ether oxygens (including phenoxy) is 1. The van der Waals surface area contributed by atoms with E-state index in [-0.39, 0.29) is 12.5 Å². The number of rotatable bonds is 8. The van der Waals surface area contributed by atoms with E-state index in [1.54, 1.807) is 36.4 Å². The molecule has 0 aliphatic rings. The van der Waals surface area contributed by atoms with Crippen molar-refractivity contribution in [3.05, 3.63) is 89.9 Å². The lowest BCUT2D eigenvalue weighted by Gasteiger charge is -2.05. The fourth-order valence-electron chi connectivity index (χ4n) is 2.42. The van der Waals surface area contributed by atoms with Gasteiger partial charge in [-0.15, -0.1) is 0 Å². The molecule has 0 aliphatic heterocycles. The third-order valence-corrected chi connectivity index (χ3v) is 3.91. The molecule has 0 spiro atoms. The van der Waals surface area contributed by atoms with Crippen LogP contribution in [-0.2, 0) is 9.59 Å². The molecule has 1 amide bonds. The highest BCUT2D eigenvalue weighted by molar-refractivity contribution is 5.89. The summed E-state index contributed by atoms with van der Waals surface area (Å²) in [7, 11) is 0. The number of carbonyl (C=O) groups is 2. The Kier molecular flexibility index (Phi) is 7.16. The van der Waals surface area contributed by atoms with Gasteiger partial charge >= 0.3 is 5.97 Å². The van der Waals surface area contributed by atoms with Crippen LogP contribution in [0.25, 0.3) is 6.08 Å². The Hall–Kier alpha value is -4.13. The molecule has 0 saturated carbocycles. The number of aryl methyl sites for hydroxylation is 1. The molecule has 0 bridgehead atoms. The van der Waals surface area contributed by atoms with Crippen LogP contribution in [0.2, 0.25) is 0 Å². The second-order valence-electron chi connectivity index (χ2n) is 6.36. The number of furan rings is 1. The van der Waals surface area contributed by atoms with E-state index in [9.17, 15) is 9.59 Å². The van der Waals surface area contributed by atoms with Gasteiger partial charge in [-0.1, -0.05) is 29.8 Å². The zero-order valence-electron chi connectivity index (χ0n) is 16.4. The van der Waals surface area contributed by atoms with Crippen LogP contribution in [0.15, 0.2) is 82.5 Å². The van der Waals surface area contributed by atoms with Gasteiger partial charge in [0.25, 0.3) is 5.91 Å². The number of esters is 1. The van der Waals surface area contributed by atoms with Crippen molar-refractivity contribution in [2.75, 3.05) is 11.9 Å². The molecule has 30 heavy (non-hydrogen) atoms. The van der Waals surface area contributed by atoms with Gasteiger partial charge in [0.1, 0.15) is 11.5 Å². The molecule has 0 saturated heterocycles. The first-order chi connectivity index (χ1) is 14.6. The largest absolute Gasteiger partial charge is 0.465 e. The van der Waals surface area contributed by atoms with Crippen molar-refractivity contribution >= 4 is 29.9 Å². The van der Waals surface area contributed by atoms with Crippen LogP contribution < -0.4 is 15.5 Å². The first-order valence-corrected chi connectivity index (χ1v) is 9.24. The average molecular weight is 403 g/mol. The summed E-state index contributed by atoms with van der Waals surface area (Å²) in [5.41, 5.74) is 5.12. The first kappa shape index (κ1) is 20.6. The maximum atomic E-state index is 11.9. The number of nitrogens with one attached hydrogen (secondary N) is 2. The van der Waals surface area contributed by atoms with Crippen molar-refractivity contribution in [2.24, 2.45) is 5.10 Å². The normalized spacial score (nSPS) is 11.0. The Morgan fingerprint density at radius 1 is 1.10 bits per heavy atom. The maximum absolute atomic E-state index is 11.9. The summed E-state index contributed by atoms with van der Waals surface area (Å²) >= 11 is 0. The third kappa shape index (κ3) is 6.79. The lowest BCUT2D eigenvalue weighted by atomic mass is 10.2. The Morgan fingerprint density at radius 2 is 1.93 bits per heavy atom. The monoisotopic (exact) mass is 403 g/mol. The van der Waals surface area contributed by atoms with E-state index in [0.717, 1.165) is 11.3 Å². The molecule has 2 aromatic carbocycles. The SMILES string of the molecule is Cc1ccc(NCC(=O)N/N=C\c2cccc(OC(=O)/C=C/c3ccco3)c2)cc1. The number of amides is 1. The van der Waals surface area contributed by atoms with Crippen molar-refractivity contribution in [1.29, 1.82) is 0 Å². The predicted octanol–water partition coefficient (Wildman–Crippen LogP) is 3.77. The minimum absolute atomic E-state index is 0.0973. The van der Waals surface area contributed by atoms with Gasteiger partial charge in [-0.3, -0.25) is 4.79 Å². The Bertz CT molecular complexity index is 1040. The van der Waals surface area contributed by atoms with Gasteiger partial charge in [0, 0.05) is 11.8 Å². The van der Waals surface area contributed by atoms with Crippen LogP contribution in [0, 0.1) is 6.92 Å². The third-order valence-electron chi connectivity index (χ3n) is 3.91. The molecule has 2 N–H and O–H groups in total. The molecular formula is C23H21N3O4. The molecule has 3 rings (SSSR count). The highest BCUT2D eigenvalue weighted by atomic mass is 16.5. The zero-order valence-corrected chi connectivity index (χ0v) is 16.4. The number of benzene rings is 2. The number of hydrogen-bond acceptors (Lipinski definition) is 6. The molecule has 0 unspecified atom stereocenters. The molecule has 3 aromatic rings. The van der Waals surface area contributed by atoms with Crippen LogP contribution in [0.1, 0.15) is 16.9 Å². The Morgan fingerprint density at radius 3 is 2.70 bits per heavy atom. The van der Waals surface area contributed by atoms with E-state index in [4.69, 9.17) is 9.15 Å². The van der Waals surface area contributed by atoms with Crippen LogP contribution in [0.4, 0.5) is 5.69 Å². The molecule has 152 valence electrons. The number of carbonyl (C=O) groups excluding carboxylic acids is 2. The van der Waals surface area contributed by atoms with Gasteiger partial charge in [-0.05, 0) is 55.0 Å². The van der Waals surface area contributed by atoms with E-state index in [0.29, 0.717) is 17.1 Å². The van der Waals surface area contributed by atoms with Crippen molar-refractivity contribution < 1.29 is 18.7 Å². The fourth-order valence-corrected chi connectivity index (χ4v) is 2.42. The lowest BCUT2D eigenvalue weighted by Crippen LogP contribution is -2.25. The maximum Gasteiger partial charge on any atom is 0.336 e. The minimum atomic E-state index is -0.532. The van der Waals surface area contributed by atoms with Gasteiger partial charge in [-0.25, -0.2) is 10.2 Å². The van der Waals surface area contributed by atoms with E-state index >= 15 is 0 Å². The average Bonchev–Trinajstić information content (AvgIpc) is 3.26. The van der Waals surface area contributed by atoms with Crippen LogP contribution in [-0.4, -0.2) is 24.6 Å². The standard InChI is InChI=1S/C23H21N3O4/c1-17-7-9-19(10-8-17)24-16-22(27)26-25-15-18-4-2-5-21(14-18)30-23(28)12-11-20-6-3-13-29-20/h2-15,24H,16H2,1H3,(H,26,27)/b12-11+,25-15-. The summed E-state index contributed by atoms with van der Waals surface area (Å²) < 4.78 is 10.4. The summed E-state index contributed by atoms with van der Waals surface area (Å²) in [6.07, 6.45) is 5.79. The van der Waals surface area contributed by atoms with Crippen LogP contribution >= 0.6 is 0 Å². The molecule has 7 nitrogen and oxygen atoms in total. The minimum Gasteiger partial charge on any atom is -0.465 e. The molecule has 0 atom stereocenters. The predicted molar refractivity (Wildman–Crippen MR) is 115 cm³/mol. The van der Waals surface area contributed by atoms with E-state index in [1.807, 2.05) is 31.2 Å². The molecule has 7 heteroatoms. The summed E-state index contributed by atoms with van der Waals surface area (Å²) in [5.74, 6) is 0.106. The topological polar surface area (TPSA) is 92.9 Å². The number of hydrogen-bond donors (Lipinski definition) is 2. The van der Waals surface area contributed by atoms with E-state index in [1.165, 1.54) is 24.6 Å². The first-order valence-electron chi connectivity index (χ1n) is 9.24. The quantitative estimate of drug-likeness (QED) is 0.196. The van der Waals surface area contributed by atoms with Gasteiger partial charge in [0.05, 0.1) is 19.0 Å². The van der Waals surface area contributed by atoms with E-state index < -0.39 is 5.97 Å². The van der Waals surface area contributed by atoms with Crippen molar-refractivity contribution in [3.63, 3.8) is 0 Å². The molecule has 1 heterocycles. The lowest BCUT2D eigenvalue weighted by molar-refractivity contribution is -0.129. The van der Waals surface area contributed by atoms with Crippen molar-refractivity contribution in [2.45, 2.75) is 6.92 Å². The summed E-state index contributed by atoms with van der Waals surface area (Å²) in [5, 5.41) is 6.94. The van der Waals surface area contributed by atoms with Gasteiger partial charge in [0.2, 0.25) is 0 Å². The number of nitrogens with zero attached hydrogens (tertiary/aromatic N) is 1. The zero-order chi connectivity index (χ0) is 21.2. The van der Waals surface area contributed by atoms with Gasteiger partial charge < -0.3 is 14.5 Å². The highest BCUT2D eigenvalue weighted by Gasteiger charge is 2.03. The summed E-state index contributed by atoms with van der Waals surface area (Å²) in [6, 6.07) is 18.0. The smallest absolute Gasteiger partial charge is 0.336 e. The van der Waals surface area contributed by atoms with E-state index in [2.05, 4.69) is 15.8 Å². The number of anilines is 1. The van der Waals surface area contributed by atoms with Crippen molar-refractivity contribution in [3.8, 4) is 5.75 Å². The fraction of sp³-hybridized carbons (Fsp3) is 0.0870. The van der Waals surface area contributed by atoms with Crippen LogP contribution in [0.3, 0.4) is 0 Å². The molecule has 1 aromatic heterocycles. The molecule has 0 fully saturated rings. The van der Waals surface area contributed by atoms with Gasteiger partial charge in [0.15, 0.2) is 0 Å². The van der Waals surface area contributed by atoms with Gasteiger partial charge in [-0.2, -0.15) is 5.10 Å². The molecule has 0 aliphatic carbocycles. The molecule has 0 radical (unpaired) electrons. The molecular weight excluding hydrogens is 382 g/mol. The second kappa shape index (κ2) is 10.4. The Labute approximate surface area is 174 Å². The van der Waals surface area contributed by atoms with Crippen molar-refractivity contribution in [1.82, 2.24) is 5.43 Å².